The van der Waals surface area contributed by atoms with Gasteiger partial charge in [-0.15, -0.1) is 0 Å². The Morgan fingerprint density at radius 3 is 3.11 bits per heavy atom. The minimum atomic E-state index is -0.129. The van der Waals surface area contributed by atoms with Crippen molar-refractivity contribution in [2.75, 3.05) is 26.3 Å². The quantitative estimate of drug-likeness (QED) is 0.824. The number of carbonyl (C=O) groups excluding carboxylic acids is 1. The molecule has 1 atom stereocenters. The first-order valence-corrected chi connectivity index (χ1v) is 6.13. The highest BCUT2D eigenvalue weighted by Gasteiger charge is 2.29. The van der Waals surface area contributed by atoms with Crippen LogP contribution in [0.25, 0.3) is 0 Å². The second-order valence-electron chi connectivity index (χ2n) is 4.18. The average Bonchev–Trinajstić information content (AvgIpc) is 2.73. The zero-order chi connectivity index (χ0) is 13.0. The maximum atomic E-state index is 11.6. The fourth-order valence-electron chi connectivity index (χ4n) is 2.08. The van der Waals surface area contributed by atoms with Crippen LogP contribution in [0.5, 0.6) is 5.75 Å². The third-order valence-corrected chi connectivity index (χ3v) is 2.93. The van der Waals surface area contributed by atoms with Gasteiger partial charge in [0.25, 0.3) is 0 Å². The number of nitrogens with one attached hydrogen (secondary N) is 1. The summed E-state index contributed by atoms with van der Waals surface area (Å²) in [5.41, 5.74) is 1.02. The Labute approximate surface area is 106 Å². The molecular formula is C13H18N2O3. The highest BCUT2D eigenvalue weighted by atomic mass is 16.5. The van der Waals surface area contributed by atoms with Gasteiger partial charge in [-0.25, -0.2) is 4.79 Å². The summed E-state index contributed by atoms with van der Waals surface area (Å²) in [7, 11) is 0. The van der Waals surface area contributed by atoms with Crippen molar-refractivity contribution in [1.82, 2.24) is 10.2 Å². The Hall–Kier alpha value is -1.75. The molecule has 5 heteroatoms. The van der Waals surface area contributed by atoms with E-state index >= 15 is 0 Å². The molecule has 1 aliphatic heterocycles. The van der Waals surface area contributed by atoms with E-state index in [4.69, 9.17) is 9.84 Å². The zero-order valence-electron chi connectivity index (χ0n) is 10.4. The van der Waals surface area contributed by atoms with E-state index in [1.807, 2.05) is 31.2 Å². The summed E-state index contributed by atoms with van der Waals surface area (Å²) in [6.45, 7) is 3.49. The number of hydrogen-bond donors (Lipinski definition) is 2. The number of urea groups is 1. The summed E-state index contributed by atoms with van der Waals surface area (Å²) < 4.78 is 5.44. The number of amides is 2. The molecule has 1 aliphatic rings. The molecule has 18 heavy (non-hydrogen) atoms. The summed E-state index contributed by atoms with van der Waals surface area (Å²) in [6, 6.07) is 7.56. The lowest BCUT2D eigenvalue weighted by Gasteiger charge is -2.13. The van der Waals surface area contributed by atoms with Crippen LogP contribution in [0.15, 0.2) is 24.3 Å². The lowest BCUT2D eigenvalue weighted by atomic mass is 10.1. The first-order valence-electron chi connectivity index (χ1n) is 6.13. The summed E-state index contributed by atoms with van der Waals surface area (Å²) in [5.74, 6) is 0.810. The molecule has 1 unspecified atom stereocenters. The van der Waals surface area contributed by atoms with Gasteiger partial charge in [-0.3, -0.25) is 0 Å². The van der Waals surface area contributed by atoms with Crippen LogP contribution in [0.3, 0.4) is 0 Å². The molecule has 1 fully saturated rings. The predicted octanol–water partition coefficient (Wildman–Crippen LogP) is 1.14. The van der Waals surface area contributed by atoms with Gasteiger partial charge < -0.3 is 20.1 Å². The highest BCUT2D eigenvalue weighted by Crippen LogP contribution is 2.23. The van der Waals surface area contributed by atoms with Crippen molar-refractivity contribution < 1.29 is 14.6 Å². The summed E-state index contributed by atoms with van der Waals surface area (Å²) in [6.07, 6.45) is 0. The Morgan fingerprint density at radius 2 is 2.39 bits per heavy atom. The Kier molecular flexibility index (Phi) is 4.04. The van der Waals surface area contributed by atoms with Crippen LogP contribution < -0.4 is 10.1 Å². The second kappa shape index (κ2) is 5.73. The van der Waals surface area contributed by atoms with Gasteiger partial charge in [0, 0.05) is 13.1 Å². The number of aliphatic hydroxyl groups is 1. The largest absolute Gasteiger partial charge is 0.494 e. The van der Waals surface area contributed by atoms with Crippen LogP contribution in [0, 0.1) is 0 Å². The molecule has 1 aromatic rings. The van der Waals surface area contributed by atoms with E-state index in [9.17, 15) is 4.79 Å². The molecular weight excluding hydrogens is 232 g/mol. The van der Waals surface area contributed by atoms with Crippen LogP contribution >= 0.6 is 0 Å². The van der Waals surface area contributed by atoms with Gasteiger partial charge in [0.1, 0.15) is 5.75 Å². The monoisotopic (exact) mass is 250 g/mol. The molecule has 5 nitrogen and oxygen atoms in total. The lowest BCUT2D eigenvalue weighted by Crippen LogP contribution is -2.30. The zero-order valence-corrected chi connectivity index (χ0v) is 10.4. The van der Waals surface area contributed by atoms with E-state index in [-0.39, 0.29) is 18.7 Å². The van der Waals surface area contributed by atoms with E-state index < -0.39 is 0 Å². The minimum absolute atomic E-state index is 0.0148. The van der Waals surface area contributed by atoms with E-state index in [1.54, 1.807) is 4.90 Å². The fraction of sp³-hybridized carbons (Fsp3) is 0.462. The smallest absolute Gasteiger partial charge is 0.318 e. The Balaban J connectivity index is 2.08. The minimum Gasteiger partial charge on any atom is -0.494 e. The predicted molar refractivity (Wildman–Crippen MR) is 67.5 cm³/mol. The molecule has 0 aliphatic carbocycles. The molecule has 1 aromatic carbocycles. The van der Waals surface area contributed by atoms with Crippen molar-refractivity contribution in [2.24, 2.45) is 0 Å². The first-order chi connectivity index (χ1) is 8.74. The molecule has 2 amide bonds. The molecule has 2 N–H and O–H groups in total. The van der Waals surface area contributed by atoms with E-state index in [2.05, 4.69) is 5.32 Å². The van der Waals surface area contributed by atoms with Crippen LogP contribution in [0.2, 0.25) is 0 Å². The first kappa shape index (κ1) is 12.7. The number of rotatable bonds is 5. The molecule has 0 radical (unpaired) electrons. The van der Waals surface area contributed by atoms with Crippen molar-refractivity contribution in [3.63, 3.8) is 0 Å². The summed E-state index contributed by atoms with van der Waals surface area (Å²) in [4.78, 5) is 13.2. The molecule has 1 heterocycles. The van der Waals surface area contributed by atoms with Crippen LogP contribution in [-0.2, 0) is 0 Å². The molecule has 0 saturated carbocycles. The second-order valence-corrected chi connectivity index (χ2v) is 4.18. The molecule has 98 valence electrons. The van der Waals surface area contributed by atoms with Crippen molar-refractivity contribution in [3.8, 4) is 5.75 Å². The Bertz CT molecular complexity index is 422. The number of nitrogens with zero attached hydrogens (tertiary/aromatic N) is 1. The number of β-amino-alcohol motifs (C(OH)–C–C–N with tert-alkyl or cyclic N) is 1. The van der Waals surface area contributed by atoms with Gasteiger partial charge in [0.2, 0.25) is 0 Å². The molecule has 2 rings (SSSR count). The van der Waals surface area contributed by atoms with Gasteiger partial charge in [-0.1, -0.05) is 12.1 Å². The van der Waals surface area contributed by atoms with Gasteiger partial charge in [0.05, 0.1) is 19.3 Å². The van der Waals surface area contributed by atoms with Crippen LogP contribution in [0.4, 0.5) is 4.79 Å². The van der Waals surface area contributed by atoms with Gasteiger partial charge in [-0.05, 0) is 24.6 Å². The van der Waals surface area contributed by atoms with Gasteiger partial charge in [-0.2, -0.15) is 0 Å². The van der Waals surface area contributed by atoms with Crippen molar-refractivity contribution in [3.05, 3.63) is 29.8 Å². The SMILES string of the molecule is CCOc1cccc(C2CN(CCO)C(=O)N2)c1. The normalized spacial score (nSPS) is 18.9. The maximum absolute atomic E-state index is 11.6. The van der Waals surface area contributed by atoms with Crippen LogP contribution in [-0.4, -0.2) is 42.3 Å². The van der Waals surface area contributed by atoms with E-state index in [0.717, 1.165) is 11.3 Å². The molecule has 0 bridgehead atoms. The maximum Gasteiger partial charge on any atom is 0.318 e. The molecule has 0 spiro atoms. The van der Waals surface area contributed by atoms with Gasteiger partial charge >= 0.3 is 6.03 Å². The number of hydrogen-bond acceptors (Lipinski definition) is 3. The highest BCUT2D eigenvalue weighted by molar-refractivity contribution is 5.77. The standard InChI is InChI=1S/C13H18N2O3/c1-2-18-11-5-3-4-10(8-11)12-9-15(6-7-16)13(17)14-12/h3-5,8,12,16H,2,6-7,9H2,1H3,(H,14,17). The van der Waals surface area contributed by atoms with Crippen molar-refractivity contribution in [1.29, 1.82) is 0 Å². The molecule has 1 saturated heterocycles. The summed E-state index contributed by atoms with van der Waals surface area (Å²) >= 11 is 0. The molecule has 0 aromatic heterocycles. The Morgan fingerprint density at radius 1 is 1.56 bits per heavy atom. The third kappa shape index (κ3) is 2.73. The number of aliphatic hydroxyl groups excluding tert-OH is 1. The van der Waals surface area contributed by atoms with Crippen molar-refractivity contribution >= 4 is 6.03 Å². The third-order valence-electron chi connectivity index (χ3n) is 2.93. The average molecular weight is 250 g/mol. The number of carbonyl (C=O) groups is 1. The van der Waals surface area contributed by atoms with E-state index in [1.165, 1.54) is 0 Å². The fourth-order valence-corrected chi connectivity index (χ4v) is 2.08. The van der Waals surface area contributed by atoms with Gasteiger partial charge in [0.15, 0.2) is 0 Å². The lowest BCUT2D eigenvalue weighted by molar-refractivity contribution is 0.196. The topological polar surface area (TPSA) is 61.8 Å². The number of benzene rings is 1. The number of ether oxygens (including phenoxy) is 1. The van der Waals surface area contributed by atoms with Crippen LogP contribution in [0.1, 0.15) is 18.5 Å². The summed E-state index contributed by atoms with van der Waals surface area (Å²) in [5, 5.41) is 11.8. The van der Waals surface area contributed by atoms with Crippen molar-refractivity contribution in [2.45, 2.75) is 13.0 Å². The van der Waals surface area contributed by atoms with E-state index in [0.29, 0.717) is 19.7 Å².